The van der Waals surface area contributed by atoms with Crippen molar-refractivity contribution >= 4 is 11.8 Å². The van der Waals surface area contributed by atoms with Crippen LogP contribution in [0.1, 0.15) is 25.7 Å². The van der Waals surface area contributed by atoms with Crippen LogP contribution in [0.5, 0.6) is 0 Å². The minimum Gasteiger partial charge on any atom is -0.381 e. The van der Waals surface area contributed by atoms with Gasteiger partial charge in [-0.15, -0.1) is 0 Å². The molecule has 0 spiro atoms. The molecule has 1 saturated carbocycles. The average molecular weight is 203 g/mol. The van der Waals surface area contributed by atoms with E-state index in [1.807, 2.05) is 18.9 Å². The number of methoxy groups -OCH3 is 1. The Kier molecular flexibility index (Phi) is 5.83. The van der Waals surface area contributed by atoms with E-state index in [1.165, 1.54) is 38.0 Å². The molecule has 3 heteroatoms. The maximum atomic E-state index is 5.32. The molecule has 1 aliphatic rings. The molecule has 0 aliphatic heterocycles. The normalized spacial score (nSPS) is 28.2. The van der Waals surface area contributed by atoms with Crippen molar-refractivity contribution in [2.24, 2.45) is 0 Å². The van der Waals surface area contributed by atoms with Crippen molar-refractivity contribution in [3.63, 3.8) is 0 Å². The number of hydrogen-bond donors (Lipinski definition) is 1. The topological polar surface area (TPSA) is 21.3 Å². The van der Waals surface area contributed by atoms with Gasteiger partial charge in [-0.1, -0.05) is 0 Å². The highest BCUT2D eigenvalue weighted by Crippen LogP contribution is 2.21. The van der Waals surface area contributed by atoms with Gasteiger partial charge in [-0.05, 0) is 44.2 Å². The van der Waals surface area contributed by atoms with Gasteiger partial charge in [0.1, 0.15) is 0 Å². The molecule has 1 aliphatic carbocycles. The first-order valence-corrected chi connectivity index (χ1v) is 6.51. The summed E-state index contributed by atoms with van der Waals surface area (Å²) in [5, 5.41) is 3.59. The Bertz CT molecular complexity index is 132. The number of thioether (sulfide) groups is 1. The van der Waals surface area contributed by atoms with Crippen molar-refractivity contribution in [2.45, 2.75) is 37.8 Å². The summed E-state index contributed by atoms with van der Waals surface area (Å²) in [6.07, 6.45) is 7.69. The van der Waals surface area contributed by atoms with Crippen molar-refractivity contribution in [1.82, 2.24) is 5.32 Å². The van der Waals surface area contributed by atoms with Gasteiger partial charge in [0, 0.05) is 13.2 Å². The summed E-state index contributed by atoms with van der Waals surface area (Å²) in [6.45, 7) is 1.17. The molecule has 0 bridgehead atoms. The minimum atomic E-state index is 0.512. The maximum absolute atomic E-state index is 5.32. The van der Waals surface area contributed by atoms with Gasteiger partial charge < -0.3 is 10.1 Å². The maximum Gasteiger partial charge on any atom is 0.0586 e. The molecule has 2 unspecified atom stereocenters. The predicted molar refractivity (Wildman–Crippen MR) is 59.4 cm³/mol. The quantitative estimate of drug-likeness (QED) is 0.666. The molecule has 0 radical (unpaired) electrons. The standard InChI is InChI=1S/C10H21NOS/c1-12-10-5-4-9(8-10)11-6-3-7-13-2/h9-11H,3-8H2,1-2H3. The van der Waals surface area contributed by atoms with Crippen molar-refractivity contribution < 1.29 is 4.74 Å². The molecule has 0 aromatic heterocycles. The molecular weight excluding hydrogens is 182 g/mol. The van der Waals surface area contributed by atoms with Gasteiger partial charge in [-0.2, -0.15) is 11.8 Å². The molecule has 78 valence electrons. The molecule has 13 heavy (non-hydrogen) atoms. The van der Waals surface area contributed by atoms with Crippen molar-refractivity contribution in [3.05, 3.63) is 0 Å². The molecule has 1 fully saturated rings. The summed E-state index contributed by atoms with van der Waals surface area (Å²) in [5.41, 5.74) is 0. The molecule has 0 heterocycles. The van der Waals surface area contributed by atoms with Crippen LogP contribution in [-0.4, -0.2) is 37.8 Å². The minimum absolute atomic E-state index is 0.512. The Labute approximate surface area is 85.8 Å². The fraction of sp³-hybridized carbons (Fsp3) is 1.00. The summed E-state index contributed by atoms with van der Waals surface area (Å²) >= 11 is 1.92. The lowest BCUT2D eigenvalue weighted by molar-refractivity contribution is 0.107. The Hall–Kier alpha value is 0.270. The van der Waals surface area contributed by atoms with E-state index in [1.54, 1.807) is 0 Å². The zero-order valence-corrected chi connectivity index (χ0v) is 9.53. The van der Waals surface area contributed by atoms with E-state index >= 15 is 0 Å². The van der Waals surface area contributed by atoms with E-state index in [-0.39, 0.29) is 0 Å². The fourth-order valence-electron chi connectivity index (χ4n) is 1.86. The number of ether oxygens (including phenoxy) is 1. The van der Waals surface area contributed by atoms with E-state index in [9.17, 15) is 0 Å². The summed E-state index contributed by atoms with van der Waals surface area (Å²) in [5.74, 6) is 1.27. The van der Waals surface area contributed by atoms with Gasteiger partial charge in [-0.3, -0.25) is 0 Å². The second kappa shape index (κ2) is 6.68. The number of rotatable bonds is 6. The van der Waals surface area contributed by atoms with Gasteiger partial charge in [-0.25, -0.2) is 0 Å². The Morgan fingerprint density at radius 1 is 1.46 bits per heavy atom. The van der Waals surface area contributed by atoms with Crippen LogP contribution in [0, 0.1) is 0 Å². The summed E-state index contributed by atoms with van der Waals surface area (Å²) in [6, 6.07) is 0.715. The van der Waals surface area contributed by atoms with E-state index in [2.05, 4.69) is 11.6 Å². The van der Waals surface area contributed by atoms with E-state index in [0.29, 0.717) is 12.1 Å². The number of nitrogens with one attached hydrogen (secondary N) is 1. The lowest BCUT2D eigenvalue weighted by Gasteiger charge is -2.12. The Morgan fingerprint density at radius 2 is 2.31 bits per heavy atom. The highest BCUT2D eigenvalue weighted by Gasteiger charge is 2.23. The smallest absolute Gasteiger partial charge is 0.0586 e. The van der Waals surface area contributed by atoms with E-state index in [4.69, 9.17) is 4.74 Å². The van der Waals surface area contributed by atoms with Crippen LogP contribution in [0.15, 0.2) is 0 Å². The van der Waals surface area contributed by atoms with Crippen molar-refractivity contribution in [1.29, 1.82) is 0 Å². The van der Waals surface area contributed by atoms with Gasteiger partial charge in [0.05, 0.1) is 6.10 Å². The van der Waals surface area contributed by atoms with E-state index < -0.39 is 0 Å². The SMILES string of the molecule is COC1CCC(NCCCSC)C1. The van der Waals surface area contributed by atoms with Crippen LogP contribution in [0.3, 0.4) is 0 Å². The first-order chi connectivity index (χ1) is 6.36. The molecule has 1 N–H and O–H groups in total. The van der Waals surface area contributed by atoms with Crippen LogP contribution < -0.4 is 5.32 Å². The monoisotopic (exact) mass is 203 g/mol. The van der Waals surface area contributed by atoms with Crippen LogP contribution >= 0.6 is 11.8 Å². The molecule has 2 nitrogen and oxygen atoms in total. The molecule has 2 atom stereocenters. The lowest BCUT2D eigenvalue weighted by atomic mass is 10.2. The average Bonchev–Trinajstić information content (AvgIpc) is 2.60. The molecule has 0 aromatic rings. The zero-order chi connectivity index (χ0) is 9.52. The Balaban J connectivity index is 1.97. The van der Waals surface area contributed by atoms with Crippen molar-refractivity contribution in [3.8, 4) is 0 Å². The first-order valence-electron chi connectivity index (χ1n) is 5.12. The van der Waals surface area contributed by atoms with Gasteiger partial charge >= 0.3 is 0 Å². The third kappa shape index (κ3) is 4.34. The summed E-state index contributed by atoms with van der Waals surface area (Å²) in [4.78, 5) is 0. The van der Waals surface area contributed by atoms with Crippen LogP contribution in [0.2, 0.25) is 0 Å². The second-order valence-electron chi connectivity index (χ2n) is 3.67. The fourth-order valence-corrected chi connectivity index (χ4v) is 2.30. The van der Waals surface area contributed by atoms with Gasteiger partial charge in [0.2, 0.25) is 0 Å². The van der Waals surface area contributed by atoms with Gasteiger partial charge in [0.25, 0.3) is 0 Å². The van der Waals surface area contributed by atoms with E-state index in [0.717, 1.165) is 0 Å². The van der Waals surface area contributed by atoms with Crippen LogP contribution in [-0.2, 0) is 4.74 Å². The van der Waals surface area contributed by atoms with Crippen LogP contribution in [0.25, 0.3) is 0 Å². The summed E-state index contributed by atoms with van der Waals surface area (Å²) in [7, 11) is 1.82. The second-order valence-corrected chi connectivity index (χ2v) is 4.65. The van der Waals surface area contributed by atoms with Crippen molar-refractivity contribution in [2.75, 3.05) is 25.7 Å². The predicted octanol–water partition coefficient (Wildman–Crippen LogP) is 1.90. The molecule has 1 rings (SSSR count). The summed E-state index contributed by atoms with van der Waals surface area (Å²) < 4.78 is 5.32. The molecular formula is C10H21NOS. The highest BCUT2D eigenvalue weighted by atomic mass is 32.2. The first kappa shape index (κ1) is 11.3. The third-order valence-electron chi connectivity index (χ3n) is 2.68. The highest BCUT2D eigenvalue weighted by molar-refractivity contribution is 7.98. The number of hydrogen-bond acceptors (Lipinski definition) is 3. The zero-order valence-electron chi connectivity index (χ0n) is 8.71. The van der Waals surface area contributed by atoms with Gasteiger partial charge in [0.15, 0.2) is 0 Å². The largest absolute Gasteiger partial charge is 0.381 e. The molecule has 0 amide bonds. The molecule has 0 aromatic carbocycles. The molecule has 0 saturated heterocycles. The third-order valence-corrected chi connectivity index (χ3v) is 3.37. The Morgan fingerprint density at radius 3 is 2.92 bits per heavy atom. The lowest BCUT2D eigenvalue weighted by Crippen LogP contribution is -2.28. The van der Waals surface area contributed by atoms with Crippen LogP contribution in [0.4, 0.5) is 0 Å².